The topological polar surface area (TPSA) is 44.8 Å². The molecule has 28 heavy (non-hydrogen) atoms. The minimum Gasteiger partial charge on any atom is -0.543 e. The van der Waals surface area contributed by atoms with Gasteiger partial charge >= 0.3 is 0 Å². The maximum Gasteiger partial charge on any atom is 0.250 e. The molecule has 0 radical (unpaired) electrons. The Labute approximate surface area is 170 Å². The number of Topliss-reactive ketones (excluding diaryl/α,β-unsaturated/α-hetero) is 1. The van der Waals surface area contributed by atoms with Crippen LogP contribution in [0.5, 0.6) is 5.75 Å². The Balaban J connectivity index is 1.64. The molecule has 1 aliphatic carbocycles. The molecule has 1 unspecified atom stereocenters. The van der Waals surface area contributed by atoms with Crippen LogP contribution in [-0.4, -0.2) is 33.1 Å². The summed E-state index contributed by atoms with van der Waals surface area (Å²) in [6, 6.07) is 8.17. The van der Waals surface area contributed by atoms with E-state index >= 15 is 0 Å². The number of benzene rings is 1. The van der Waals surface area contributed by atoms with Gasteiger partial charge in [0.2, 0.25) is 8.32 Å². The quantitative estimate of drug-likeness (QED) is 0.596. The number of carbonyl (C=O) groups is 1. The Bertz CT molecular complexity index is 726. The minimum absolute atomic E-state index is 0.151. The van der Waals surface area contributed by atoms with Crippen LogP contribution in [-0.2, 0) is 20.7 Å². The molecule has 3 rings (SSSR count). The summed E-state index contributed by atoms with van der Waals surface area (Å²) in [5, 5.41) is 0.151. The van der Waals surface area contributed by atoms with Crippen molar-refractivity contribution in [3.8, 4) is 5.75 Å². The Kier molecular flexibility index (Phi) is 6.47. The Morgan fingerprint density at radius 1 is 1.21 bits per heavy atom. The third kappa shape index (κ3) is 5.34. The summed E-state index contributed by atoms with van der Waals surface area (Å²) in [4.78, 5) is 12.5. The number of allylic oxidation sites excluding steroid dienone is 1. The number of ether oxygens (including phenoxy) is 2. The number of hydrogen-bond donors (Lipinski definition) is 0. The number of rotatable bonds is 6. The summed E-state index contributed by atoms with van der Waals surface area (Å²) < 4.78 is 18.0. The van der Waals surface area contributed by atoms with Crippen molar-refractivity contribution in [1.29, 1.82) is 0 Å². The highest BCUT2D eigenvalue weighted by molar-refractivity contribution is 6.74. The maximum atomic E-state index is 12.5. The lowest BCUT2D eigenvalue weighted by atomic mass is 10.0. The Morgan fingerprint density at radius 3 is 2.68 bits per heavy atom. The number of hydrogen-bond acceptors (Lipinski definition) is 4. The van der Waals surface area contributed by atoms with Crippen molar-refractivity contribution in [2.24, 2.45) is 0 Å². The van der Waals surface area contributed by atoms with Crippen LogP contribution in [0.3, 0.4) is 0 Å². The molecule has 0 bridgehead atoms. The van der Waals surface area contributed by atoms with E-state index in [0.717, 1.165) is 42.8 Å². The molecular weight excluding hydrogens is 368 g/mol. The van der Waals surface area contributed by atoms with E-state index in [1.807, 2.05) is 18.2 Å². The van der Waals surface area contributed by atoms with Crippen LogP contribution in [0.15, 0.2) is 35.9 Å². The third-order valence-electron chi connectivity index (χ3n) is 6.07. The first-order chi connectivity index (χ1) is 13.1. The van der Waals surface area contributed by atoms with E-state index in [2.05, 4.69) is 46.0 Å². The van der Waals surface area contributed by atoms with Crippen molar-refractivity contribution in [3.05, 3.63) is 41.5 Å². The molecular formula is C23H34O4Si. The molecule has 4 nitrogen and oxygen atoms in total. The van der Waals surface area contributed by atoms with Crippen LogP contribution in [0.4, 0.5) is 0 Å². The summed E-state index contributed by atoms with van der Waals surface area (Å²) in [7, 11) is -1.88. The summed E-state index contributed by atoms with van der Waals surface area (Å²) in [6.07, 6.45) is 5.86. The first-order valence-electron chi connectivity index (χ1n) is 10.4. The highest BCUT2D eigenvalue weighted by Crippen LogP contribution is 2.37. The van der Waals surface area contributed by atoms with Crippen LogP contribution in [0.2, 0.25) is 18.1 Å². The molecule has 2 atom stereocenters. The Hall–Kier alpha value is -1.43. The van der Waals surface area contributed by atoms with Gasteiger partial charge in [-0.2, -0.15) is 0 Å². The molecule has 0 aromatic heterocycles. The summed E-state index contributed by atoms with van der Waals surface area (Å²) in [6.45, 7) is 12.0. The predicted molar refractivity (Wildman–Crippen MR) is 114 cm³/mol. The van der Waals surface area contributed by atoms with Gasteiger partial charge < -0.3 is 13.9 Å². The smallest absolute Gasteiger partial charge is 0.250 e. The van der Waals surface area contributed by atoms with Crippen LogP contribution in [0.25, 0.3) is 0 Å². The van der Waals surface area contributed by atoms with E-state index in [4.69, 9.17) is 13.9 Å². The van der Waals surface area contributed by atoms with Crippen molar-refractivity contribution < 1.29 is 18.7 Å². The van der Waals surface area contributed by atoms with Crippen molar-refractivity contribution in [2.75, 3.05) is 6.61 Å². The molecule has 154 valence electrons. The fourth-order valence-electron chi connectivity index (χ4n) is 3.34. The molecule has 1 heterocycles. The van der Waals surface area contributed by atoms with Gasteiger partial charge in [0.25, 0.3) is 0 Å². The lowest BCUT2D eigenvalue weighted by molar-refractivity contribution is -0.178. The second-order valence-electron chi connectivity index (χ2n) is 9.48. The van der Waals surface area contributed by atoms with Crippen molar-refractivity contribution >= 4 is 14.1 Å². The van der Waals surface area contributed by atoms with Crippen molar-refractivity contribution in [3.63, 3.8) is 0 Å². The first kappa shape index (κ1) is 21.3. The van der Waals surface area contributed by atoms with Gasteiger partial charge in [0.15, 0.2) is 12.1 Å². The zero-order chi connectivity index (χ0) is 20.4. The van der Waals surface area contributed by atoms with Crippen LogP contribution >= 0.6 is 0 Å². The standard InChI is InChI=1S/C23H34O4Si/c1-23(2,3)28(4,5)27-19-10-8-9-17(14-19)13-18-15-20(16-21(18)24)26-22-11-6-7-12-25-22/h8-10,14-15,20,22H,6-7,11-13,16H2,1-5H3/t20-,22?/m0/s1. The molecule has 0 saturated carbocycles. The molecule has 0 amide bonds. The molecule has 1 aromatic rings. The first-order valence-corrected chi connectivity index (χ1v) is 13.3. The van der Waals surface area contributed by atoms with E-state index in [9.17, 15) is 4.79 Å². The zero-order valence-electron chi connectivity index (χ0n) is 17.9. The van der Waals surface area contributed by atoms with E-state index in [1.54, 1.807) is 0 Å². The van der Waals surface area contributed by atoms with Crippen molar-refractivity contribution in [1.82, 2.24) is 0 Å². The zero-order valence-corrected chi connectivity index (χ0v) is 18.9. The highest BCUT2D eigenvalue weighted by Gasteiger charge is 2.39. The van der Waals surface area contributed by atoms with Gasteiger partial charge in [-0.25, -0.2) is 0 Å². The van der Waals surface area contributed by atoms with Gasteiger partial charge in [-0.1, -0.05) is 32.9 Å². The molecule has 2 aliphatic rings. The summed E-state index contributed by atoms with van der Waals surface area (Å²) in [5.74, 6) is 1.08. The second kappa shape index (κ2) is 8.52. The van der Waals surface area contributed by atoms with Gasteiger partial charge in [-0.05, 0) is 66.7 Å². The normalized spacial score (nSPS) is 23.6. The second-order valence-corrected chi connectivity index (χ2v) is 14.2. The van der Waals surface area contributed by atoms with E-state index in [1.165, 1.54) is 0 Å². The largest absolute Gasteiger partial charge is 0.543 e. The molecule has 1 saturated heterocycles. The molecule has 1 aromatic carbocycles. The average molecular weight is 403 g/mol. The van der Waals surface area contributed by atoms with Gasteiger partial charge in [-0.3, -0.25) is 4.79 Å². The van der Waals surface area contributed by atoms with E-state index < -0.39 is 8.32 Å². The Morgan fingerprint density at radius 2 is 2.00 bits per heavy atom. The van der Waals surface area contributed by atoms with E-state index in [0.29, 0.717) is 12.8 Å². The van der Waals surface area contributed by atoms with Crippen molar-refractivity contribution in [2.45, 2.75) is 83.4 Å². The lowest BCUT2D eigenvalue weighted by Crippen LogP contribution is -2.43. The molecule has 0 spiro atoms. The highest BCUT2D eigenvalue weighted by atomic mass is 28.4. The summed E-state index contributed by atoms with van der Waals surface area (Å²) in [5.41, 5.74) is 1.94. The molecule has 1 aliphatic heterocycles. The van der Waals surface area contributed by atoms with E-state index in [-0.39, 0.29) is 23.2 Å². The fourth-order valence-corrected chi connectivity index (χ4v) is 4.36. The van der Waals surface area contributed by atoms with Crippen LogP contribution < -0.4 is 4.43 Å². The predicted octanol–water partition coefficient (Wildman–Crippen LogP) is 5.42. The molecule has 1 fully saturated rings. The summed E-state index contributed by atoms with van der Waals surface area (Å²) >= 11 is 0. The third-order valence-corrected chi connectivity index (χ3v) is 10.4. The van der Waals surface area contributed by atoms with Crippen LogP contribution in [0, 0.1) is 0 Å². The monoisotopic (exact) mass is 402 g/mol. The number of carbonyl (C=O) groups excluding carboxylic acids is 1. The average Bonchev–Trinajstić information content (AvgIpc) is 2.94. The lowest BCUT2D eigenvalue weighted by Gasteiger charge is -2.36. The SMILES string of the molecule is CC(C)(C)[Si](C)(C)Oc1cccc(CC2=C[C@H](OC3CCCCO3)CC2=O)c1. The molecule has 0 N–H and O–H groups in total. The van der Waals surface area contributed by atoms with Gasteiger partial charge in [0, 0.05) is 19.4 Å². The van der Waals surface area contributed by atoms with Gasteiger partial charge in [0.1, 0.15) is 5.75 Å². The maximum absolute atomic E-state index is 12.5. The van der Waals surface area contributed by atoms with Crippen LogP contribution in [0.1, 0.15) is 52.0 Å². The number of ketones is 1. The molecule has 5 heteroatoms. The minimum atomic E-state index is -1.88. The fraction of sp³-hybridized carbons (Fsp3) is 0.609. The van der Waals surface area contributed by atoms with Gasteiger partial charge in [-0.15, -0.1) is 0 Å². The van der Waals surface area contributed by atoms with Gasteiger partial charge in [0.05, 0.1) is 6.10 Å².